The second kappa shape index (κ2) is 6.82. The molecule has 0 radical (unpaired) electrons. The van der Waals surface area contributed by atoms with Gasteiger partial charge in [0, 0.05) is 30.3 Å². The predicted octanol–water partition coefficient (Wildman–Crippen LogP) is 1.89. The number of halogens is 1. The number of H-pyrrole nitrogens is 1. The fourth-order valence-electron chi connectivity index (χ4n) is 2.34. The van der Waals surface area contributed by atoms with Gasteiger partial charge in [-0.3, -0.25) is 14.7 Å². The number of benzene rings is 1. The third kappa shape index (κ3) is 3.79. The van der Waals surface area contributed by atoms with Crippen LogP contribution in [0, 0.1) is 12.7 Å². The van der Waals surface area contributed by atoms with Gasteiger partial charge >= 0.3 is 0 Å². The van der Waals surface area contributed by atoms with Crippen molar-refractivity contribution in [3.63, 3.8) is 0 Å². The van der Waals surface area contributed by atoms with Gasteiger partial charge in [-0.25, -0.2) is 4.39 Å². The largest absolute Gasteiger partial charge is 0.350 e. The number of hydrogen-bond acceptors (Lipinski definition) is 3. The van der Waals surface area contributed by atoms with E-state index in [1.807, 2.05) is 0 Å². The SMILES string of the molecule is Cc1ccc(C(=O)NCCNC(=O)c2cc(C3CC3)[nH]n2)cc1F. The Labute approximate surface area is 138 Å². The second-order valence-electron chi connectivity index (χ2n) is 5.96. The molecule has 1 aromatic carbocycles. The van der Waals surface area contributed by atoms with Gasteiger partial charge in [0.1, 0.15) is 11.5 Å². The summed E-state index contributed by atoms with van der Waals surface area (Å²) in [7, 11) is 0. The molecule has 0 bridgehead atoms. The number of amides is 2. The first-order valence-corrected chi connectivity index (χ1v) is 7.92. The second-order valence-corrected chi connectivity index (χ2v) is 5.96. The number of hydrogen-bond donors (Lipinski definition) is 3. The molecular formula is C17H19FN4O2. The first-order chi connectivity index (χ1) is 11.5. The molecule has 2 aromatic rings. The molecule has 24 heavy (non-hydrogen) atoms. The van der Waals surface area contributed by atoms with E-state index in [0.29, 0.717) is 17.2 Å². The molecule has 1 heterocycles. The van der Waals surface area contributed by atoms with Gasteiger partial charge in [0.15, 0.2) is 0 Å². The molecule has 1 aliphatic rings. The van der Waals surface area contributed by atoms with Crippen LogP contribution in [0.5, 0.6) is 0 Å². The average molecular weight is 330 g/mol. The topological polar surface area (TPSA) is 86.9 Å². The maximum Gasteiger partial charge on any atom is 0.271 e. The number of carbonyl (C=O) groups excluding carboxylic acids is 2. The minimum Gasteiger partial charge on any atom is -0.350 e. The Morgan fingerprint density at radius 3 is 2.58 bits per heavy atom. The van der Waals surface area contributed by atoms with E-state index in [1.54, 1.807) is 25.1 Å². The highest BCUT2D eigenvalue weighted by molar-refractivity contribution is 5.94. The van der Waals surface area contributed by atoms with Crippen molar-refractivity contribution in [2.45, 2.75) is 25.7 Å². The Hall–Kier alpha value is -2.70. The van der Waals surface area contributed by atoms with E-state index in [2.05, 4.69) is 20.8 Å². The summed E-state index contributed by atoms with van der Waals surface area (Å²) < 4.78 is 13.4. The lowest BCUT2D eigenvalue weighted by molar-refractivity contribution is 0.0925. The van der Waals surface area contributed by atoms with Crippen LogP contribution < -0.4 is 10.6 Å². The van der Waals surface area contributed by atoms with Crippen LogP contribution in [0.4, 0.5) is 4.39 Å². The highest BCUT2D eigenvalue weighted by Crippen LogP contribution is 2.38. The number of aromatic nitrogens is 2. The van der Waals surface area contributed by atoms with E-state index in [0.717, 1.165) is 18.5 Å². The molecule has 1 aliphatic carbocycles. The molecule has 0 unspecified atom stereocenters. The molecule has 7 heteroatoms. The first kappa shape index (κ1) is 16.2. The summed E-state index contributed by atoms with van der Waals surface area (Å²) in [6, 6.07) is 6.09. The Morgan fingerprint density at radius 2 is 1.92 bits per heavy atom. The number of carbonyl (C=O) groups is 2. The summed E-state index contributed by atoms with van der Waals surface area (Å²) in [6.07, 6.45) is 2.27. The molecule has 0 saturated heterocycles. The van der Waals surface area contributed by atoms with Crippen molar-refractivity contribution in [3.05, 3.63) is 52.6 Å². The zero-order chi connectivity index (χ0) is 17.1. The summed E-state index contributed by atoms with van der Waals surface area (Å²) in [5, 5.41) is 12.2. The lowest BCUT2D eigenvalue weighted by atomic mass is 10.1. The van der Waals surface area contributed by atoms with E-state index in [1.165, 1.54) is 6.07 Å². The van der Waals surface area contributed by atoms with Crippen molar-refractivity contribution in [2.75, 3.05) is 13.1 Å². The standard InChI is InChI=1S/C17H19FN4O2/c1-10-2-3-12(8-13(10)18)16(23)19-6-7-20-17(24)15-9-14(21-22-15)11-4-5-11/h2-3,8-9,11H,4-7H2,1H3,(H,19,23)(H,20,24)(H,21,22). The van der Waals surface area contributed by atoms with Gasteiger partial charge in [-0.2, -0.15) is 5.10 Å². The fraction of sp³-hybridized carbons (Fsp3) is 0.353. The van der Waals surface area contributed by atoms with Crippen LogP contribution in [-0.4, -0.2) is 35.1 Å². The van der Waals surface area contributed by atoms with Crippen LogP contribution in [0.25, 0.3) is 0 Å². The molecule has 126 valence electrons. The average Bonchev–Trinajstić information content (AvgIpc) is 3.30. The van der Waals surface area contributed by atoms with Gasteiger partial charge in [-0.05, 0) is 43.5 Å². The zero-order valence-corrected chi connectivity index (χ0v) is 13.4. The van der Waals surface area contributed by atoms with E-state index in [9.17, 15) is 14.0 Å². The van der Waals surface area contributed by atoms with Gasteiger partial charge < -0.3 is 10.6 Å². The molecule has 0 spiro atoms. The summed E-state index contributed by atoms with van der Waals surface area (Å²) in [4.78, 5) is 23.8. The number of aromatic amines is 1. The molecule has 1 fully saturated rings. The van der Waals surface area contributed by atoms with Crippen molar-refractivity contribution in [1.82, 2.24) is 20.8 Å². The van der Waals surface area contributed by atoms with Crippen LogP contribution >= 0.6 is 0 Å². The molecule has 2 amide bonds. The monoisotopic (exact) mass is 330 g/mol. The third-order valence-electron chi connectivity index (χ3n) is 3.98. The maximum atomic E-state index is 13.4. The van der Waals surface area contributed by atoms with Crippen molar-refractivity contribution < 1.29 is 14.0 Å². The fourth-order valence-corrected chi connectivity index (χ4v) is 2.34. The minimum atomic E-state index is -0.416. The van der Waals surface area contributed by atoms with Crippen LogP contribution in [-0.2, 0) is 0 Å². The van der Waals surface area contributed by atoms with Crippen molar-refractivity contribution >= 4 is 11.8 Å². The molecule has 3 N–H and O–H groups in total. The Bertz CT molecular complexity index is 768. The highest BCUT2D eigenvalue weighted by atomic mass is 19.1. The van der Waals surface area contributed by atoms with Gasteiger partial charge in [-0.1, -0.05) is 6.07 Å². The molecule has 0 aliphatic heterocycles. The van der Waals surface area contributed by atoms with Crippen LogP contribution in [0.2, 0.25) is 0 Å². The first-order valence-electron chi connectivity index (χ1n) is 7.92. The van der Waals surface area contributed by atoms with Gasteiger partial charge in [0.2, 0.25) is 0 Å². The Balaban J connectivity index is 1.43. The normalized spacial score (nSPS) is 13.6. The highest BCUT2D eigenvalue weighted by Gasteiger charge is 2.26. The lowest BCUT2D eigenvalue weighted by Gasteiger charge is -2.07. The third-order valence-corrected chi connectivity index (χ3v) is 3.98. The van der Waals surface area contributed by atoms with E-state index in [4.69, 9.17) is 0 Å². The van der Waals surface area contributed by atoms with Gasteiger partial charge in [0.05, 0.1) is 0 Å². The van der Waals surface area contributed by atoms with Crippen LogP contribution in [0.15, 0.2) is 24.3 Å². The molecule has 1 aromatic heterocycles. The summed E-state index contributed by atoms with van der Waals surface area (Å²) >= 11 is 0. The van der Waals surface area contributed by atoms with Crippen LogP contribution in [0.3, 0.4) is 0 Å². The summed E-state index contributed by atoms with van der Waals surface area (Å²) in [6.45, 7) is 2.15. The van der Waals surface area contributed by atoms with E-state index < -0.39 is 5.82 Å². The molecule has 0 atom stereocenters. The number of rotatable bonds is 6. The summed E-state index contributed by atoms with van der Waals surface area (Å²) in [5.74, 6) is -0.568. The molecular weight excluding hydrogens is 311 g/mol. The summed E-state index contributed by atoms with van der Waals surface area (Å²) in [5.41, 5.74) is 2.09. The lowest BCUT2D eigenvalue weighted by Crippen LogP contribution is -2.34. The quantitative estimate of drug-likeness (QED) is 0.707. The Kier molecular flexibility index (Phi) is 4.59. The molecule has 1 saturated carbocycles. The smallest absolute Gasteiger partial charge is 0.271 e. The maximum absolute atomic E-state index is 13.4. The van der Waals surface area contributed by atoms with E-state index >= 15 is 0 Å². The van der Waals surface area contributed by atoms with Gasteiger partial charge in [0.25, 0.3) is 11.8 Å². The molecule has 6 nitrogen and oxygen atoms in total. The van der Waals surface area contributed by atoms with Crippen LogP contribution in [0.1, 0.15) is 50.9 Å². The van der Waals surface area contributed by atoms with Gasteiger partial charge in [-0.15, -0.1) is 0 Å². The van der Waals surface area contributed by atoms with Crippen molar-refractivity contribution in [2.24, 2.45) is 0 Å². The van der Waals surface area contributed by atoms with Crippen molar-refractivity contribution in [1.29, 1.82) is 0 Å². The zero-order valence-electron chi connectivity index (χ0n) is 13.4. The predicted molar refractivity (Wildman–Crippen MR) is 86.4 cm³/mol. The number of aryl methyl sites for hydroxylation is 1. The minimum absolute atomic E-state index is 0.250. The van der Waals surface area contributed by atoms with Crippen molar-refractivity contribution in [3.8, 4) is 0 Å². The Morgan fingerprint density at radius 1 is 1.21 bits per heavy atom. The number of nitrogens with zero attached hydrogens (tertiary/aromatic N) is 1. The number of nitrogens with one attached hydrogen (secondary N) is 3. The molecule has 3 rings (SSSR count). The van der Waals surface area contributed by atoms with E-state index in [-0.39, 0.29) is 30.5 Å².